The van der Waals surface area contributed by atoms with E-state index in [-0.39, 0.29) is 16.9 Å². The van der Waals surface area contributed by atoms with E-state index in [4.69, 9.17) is 5.73 Å². The van der Waals surface area contributed by atoms with Crippen LogP contribution < -0.4 is 16.6 Å². The zero-order chi connectivity index (χ0) is 27.8. The van der Waals surface area contributed by atoms with Crippen molar-refractivity contribution in [3.63, 3.8) is 0 Å². The van der Waals surface area contributed by atoms with Crippen LogP contribution in [0.5, 0.6) is 0 Å². The molecule has 4 aromatic heterocycles. The Kier molecular flexibility index (Phi) is 6.19. The third kappa shape index (κ3) is 4.31. The van der Waals surface area contributed by atoms with Crippen molar-refractivity contribution in [2.45, 2.75) is 19.9 Å². The summed E-state index contributed by atoms with van der Waals surface area (Å²) in [4.78, 5) is 32.0. The van der Waals surface area contributed by atoms with Crippen molar-refractivity contribution in [1.82, 2.24) is 34.7 Å². The Balaban J connectivity index is 1.47. The number of anilines is 1. The molecule has 0 unspecified atom stereocenters. The van der Waals surface area contributed by atoms with Crippen molar-refractivity contribution >= 4 is 40.3 Å². The number of aryl methyl sites for hydroxylation is 1. The van der Waals surface area contributed by atoms with Crippen molar-refractivity contribution in [2.75, 3.05) is 5.73 Å². The summed E-state index contributed by atoms with van der Waals surface area (Å²) in [6.45, 7) is 3.69. The van der Waals surface area contributed by atoms with E-state index in [9.17, 15) is 9.59 Å². The minimum absolute atomic E-state index is 0.0826. The summed E-state index contributed by atoms with van der Waals surface area (Å²) in [5.41, 5.74) is 10.2. The first-order valence-corrected chi connectivity index (χ1v) is 12.7. The molecule has 0 aliphatic rings. The molecule has 4 heterocycles. The first-order chi connectivity index (χ1) is 19.4. The van der Waals surface area contributed by atoms with Gasteiger partial charge in [0.1, 0.15) is 5.56 Å². The van der Waals surface area contributed by atoms with Gasteiger partial charge in [0.25, 0.3) is 11.5 Å². The van der Waals surface area contributed by atoms with Crippen LogP contribution in [0.1, 0.15) is 46.0 Å². The third-order valence-electron chi connectivity index (χ3n) is 6.84. The summed E-state index contributed by atoms with van der Waals surface area (Å²) in [6, 6.07) is 20.1. The SMILES string of the molecule is Cc1ccnc2c(C(=O)N[C@H](C)c3cc4cccc(/C=C/c5ccn[nH]5)c4c(=O)n3-c3ccccc3)c(N)nn12. The monoisotopic (exact) mass is 530 g/mol. The van der Waals surface area contributed by atoms with Crippen molar-refractivity contribution in [1.29, 1.82) is 0 Å². The Morgan fingerprint density at radius 3 is 2.65 bits per heavy atom. The molecule has 10 nitrogen and oxygen atoms in total. The Bertz CT molecular complexity index is 1950. The number of hydrogen-bond acceptors (Lipinski definition) is 6. The average molecular weight is 531 g/mol. The number of nitrogens with one attached hydrogen (secondary N) is 2. The van der Waals surface area contributed by atoms with Gasteiger partial charge in [-0.2, -0.15) is 5.10 Å². The molecule has 0 aliphatic carbocycles. The summed E-state index contributed by atoms with van der Waals surface area (Å²) >= 11 is 0. The van der Waals surface area contributed by atoms with Gasteiger partial charge >= 0.3 is 0 Å². The Hall–Kier alpha value is -5.51. The number of carbonyl (C=O) groups is 1. The predicted octanol–water partition coefficient (Wildman–Crippen LogP) is 4.31. The molecule has 1 amide bonds. The second kappa shape index (κ2) is 9.99. The molecule has 0 saturated heterocycles. The first-order valence-electron chi connectivity index (χ1n) is 12.7. The number of carbonyl (C=O) groups excluding carboxylic acids is 1. The minimum Gasteiger partial charge on any atom is -0.381 e. The maximum Gasteiger partial charge on any atom is 0.263 e. The average Bonchev–Trinajstić information content (AvgIpc) is 3.60. The quantitative estimate of drug-likeness (QED) is 0.294. The number of para-hydroxylation sites is 1. The highest BCUT2D eigenvalue weighted by Gasteiger charge is 2.24. The topological polar surface area (TPSA) is 136 Å². The van der Waals surface area contributed by atoms with Crippen LogP contribution in [0.4, 0.5) is 5.82 Å². The standard InChI is InChI=1S/C30H26N8O2/c1-18-13-15-32-28-26(27(31)36-38(18)28)29(39)34-19(2)24-17-21-8-6-7-20(11-12-22-14-16-33-35-22)25(21)30(40)37(24)23-9-4-3-5-10-23/h3-17,19H,1-2H3,(H2,31,36)(H,33,35)(H,34,39)/b12-11+/t19-/m1/s1. The molecule has 6 rings (SSSR count). The van der Waals surface area contributed by atoms with Gasteiger partial charge in [-0.25, -0.2) is 9.50 Å². The number of rotatable bonds is 6. The summed E-state index contributed by atoms with van der Waals surface area (Å²) in [5, 5.41) is 15.5. The normalized spacial score (nSPS) is 12.3. The molecule has 40 heavy (non-hydrogen) atoms. The van der Waals surface area contributed by atoms with E-state index in [1.807, 2.05) is 86.7 Å². The maximum absolute atomic E-state index is 14.2. The highest BCUT2D eigenvalue weighted by molar-refractivity contribution is 6.04. The van der Waals surface area contributed by atoms with Crippen molar-refractivity contribution in [3.05, 3.63) is 118 Å². The van der Waals surface area contributed by atoms with Gasteiger partial charge < -0.3 is 11.1 Å². The number of fused-ring (bicyclic) bond motifs is 2. The van der Waals surface area contributed by atoms with Gasteiger partial charge in [-0.1, -0.05) is 42.5 Å². The summed E-state index contributed by atoms with van der Waals surface area (Å²) in [5.74, 6) is -0.347. The molecule has 198 valence electrons. The number of nitrogens with zero attached hydrogens (tertiary/aromatic N) is 5. The maximum atomic E-state index is 14.2. The van der Waals surface area contributed by atoms with E-state index in [2.05, 4.69) is 25.6 Å². The van der Waals surface area contributed by atoms with Crippen LogP contribution >= 0.6 is 0 Å². The highest BCUT2D eigenvalue weighted by atomic mass is 16.2. The van der Waals surface area contributed by atoms with Crippen molar-refractivity contribution in [3.8, 4) is 5.69 Å². The number of amides is 1. The smallest absolute Gasteiger partial charge is 0.263 e. The lowest BCUT2D eigenvalue weighted by molar-refractivity contribution is 0.0941. The number of nitrogen functional groups attached to an aromatic ring is 1. The Labute approximate surface area is 228 Å². The van der Waals surface area contributed by atoms with Crippen molar-refractivity contribution in [2.24, 2.45) is 0 Å². The lowest BCUT2D eigenvalue weighted by Crippen LogP contribution is -2.32. The van der Waals surface area contributed by atoms with Gasteiger partial charge in [0.2, 0.25) is 0 Å². The summed E-state index contributed by atoms with van der Waals surface area (Å²) in [7, 11) is 0. The molecule has 0 spiro atoms. The molecule has 0 bridgehead atoms. The Morgan fingerprint density at radius 1 is 1.05 bits per heavy atom. The number of pyridine rings is 1. The number of benzene rings is 2. The van der Waals surface area contributed by atoms with E-state index >= 15 is 0 Å². The van der Waals surface area contributed by atoms with Gasteiger partial charge in [-0.3, -0.25) is 19.3 Å². The fraction of sp³-hybridized carbons (Fsp3) is 0.100. The van der Waals surface area contributed by atoms with Crippen LogP contribution in [0, 0.1) is 6.92 Å². The molecule has 6 aromatic rings. The minimum atomic E-state index is -0.562. The van der Waals surface area contributed by atoms with E-state index in [1.54, 1.807) is 27.5 Å². The first kappa shape index (κ1) is 24.8. The van der Waals surface area contributed by atoms with Crippen LogP contribution in [0.2, 0.25) is 0 Å². The lowest BCUT2D eigenvalue weighted by atomic mass is 10.0. The van der Waals surface area contributed by atoms with E-state index in [1.165, 1.54) is 0 Å². The molecule has 0 aliphatic heterocycles. The highest BCUT2D eigenvalue weighted by Crippen LogP contribution is 2.25. The number of H-pyrrole nitrogens is 1. The second-order valence-corrected chi connectivity index (χ2v) is 9.48. The fourth-order valence-corrected chi connectivity index (χ4v) is 4.89. The largest absolute Gasteiger partial charge is 0.381 e. The Morgan fingerprint density at radius 2 is 1.88 bits per heavy atom. The van der Waals surface area contributed by atoms with Gasteiger partial charge in [0.15, 0.2) is 11.5 Å². The van der Waals surface area contributed by atoms with Crippen LogP contribution in [0.15, 0.2) is 83.9 Å². The second-order valence-electron chi connectivity index (χ2n) is 9.48. The van der Waals surface area contributed by atoms with Gasteiger partial charge in [-0.15, -0.1) is 5.10 Å². The molecular weight excluding hydrogens is 504 g/mol. The van der Waals surface area contributed by atoms with Gasteiger partial charge in [0.05, 0.1) is 17.1 Å². The molecule has 4 N–H and O–H groups in total. The van der Waals surface area contributed by atoms with Crippen LogP contribution in [0.3, 0.4) is 0 Å². The number of aromatic nitrogens is 6. The molecule has 0 saturated carbocycles. The van der Waals surface area contributed by atoms with Gasteiger partial charge in [0, 0.05) is 29.5 Å². The van der Waals surface area contributed by atoms with Crippen molar-refractivity contribution < 1.29 is 4.79 Å². The van der Waals surface area contributed by atoms with Crippen LogP contribution in [-0.2, 0) is 0 Å². The summed E-state index contributed by atoms with van der Waals surface area (Å²) < 4.78 is 3.19. The molecule has 0 radical (unpaired) electrons. The number of nitrogens with two attached hydrogens (primary N) is 1. The molecule has 1 atom stereocenters. The zero-order valence-electron chi connectivity index (χ0n) is 21.9. The van der Waals surface area contributed by atoms with E-state index in [0.29, 0.717) is 22.4 Å². The van der Waals surface area contributed by atoms with Crippen LogP contribution in [0.25, 0.3) is 34.3 Å². The number of aromatic amines is 1. The molecule has 2 aromatic carbocycles. The summed E-state index contributed by atoms with van der Waals surface area (Å²) in [6.07, 6.45) is 7.05. The number of hydrogen-bond donors (Lipinski definition) is 3. The molecular formula is C30H26N8O2. The lowest BCUT2D eigenvalue weighted by Gasteiger charge is -2.21. The third-order valence-corrected chi connectivity index (χ3v) is 6.84. The van der Waals surface area contributed by atoms with E-state index in [0.717, 1.165) is 22.3 Å². The van der Waals surface area contributed by atoms with Gasteiger partial charge in [-0.05, 0) is 61.2 Å². The zero-order valence-corrected chi connectivity index (χ0v) is 21.9. The fourth-order valence-electron chi connectivity index (χ4n) is 4.89. The predicted molar refractivity (Wildman–Crippen MR) is 155 cm³/mol. The molecule has 0 fully saturated rings. The van der Waals surface area contributed by atoms with Crippen LogP contribution in [-0.4, -0.2) is 35.3 Å². The van der Waals surface area contributed by atoms with E-state index < -0.39 is 11.9 Å². The molecule has 10 heteroatoms.